The zero-order valence-corrected chi connectivity index (χ0v) is 19.7. The lowest BCUT2D eigenvalue weighted by atomic mass is 10.2. The molecule has 3 aromatic rings. The molecule has 3 rings (SSSR count). The lowest BCUT2D eigenvalue weighted by Gasteiger charge is -2.11. The molecule has 9 heteroatoms. The van der Waals surface area contributed by atoms with Gasteiger partial charge in [0.2, 0.25) is 0 Å². The maximum atomic E-state index is 12.7. The van der Waals surface area contributed by atoms with E-state index in [9.17, 15) is 4.79 Å². The fourth-order valence-corrected chi connectivity index (χ4v) is 3.23. The van der Waals surface area contributed by atoms with Crippen molar-refractivity contribution >= 4 is 51.1 Å². The Kier molecular flexibility index (Phi) is 8.18. The summed E-state index contributed by atoms with van der Waals surface area (Å²) < 4.78 is 16.8. The molecule has 0 fully saturated rings. The van der Waals surface area contributed by atoms with Crippen LogP contribution in [0.2, 0.25) is 0 Å². The first-order valence-electron chi connectivity index (χ1n) is 9.39. The SMILES string of the molecule is COc1ccc(C(=O)Oc2ccc(Br)cc2/C=N/NC(=S)Nc2ccccc2)cc1OC. The standard InChI is InChI=1S/C23H20BrN3O4S/c1-29-20-10-8-15(13-21(20)30-2)22(28)31-19-11-9-17(24)12-16(19)14-25-27-23(32)26-18-6-4-3-5-7-18/h3-14H,1-2H3,(H2,26,27,32)/b25-14+. The van der Waals surface area contributed by atoms with E-state index in [0.717, 1.165) is 10.2 Å². The molecule has 0 heterocycles. The minimum atomic E-state index is -0.544. The molecule has 0 aromatic heterocycles. The summed E-state index contributed by atoms with van der Waals surface area (Å²) in [5.41, 5.74) is 4.47. The van der Waals surface area contributed by atoms with Gasteiger partial charge in [0, 0.05) is 15.7 Å². The van der Waals surface area contributed by atoms with Crippen molar-refractivity contribution in [2.45, 2.75) is 0 Å². The topological polar surface area (TPSA) is 81.2 Å². The molecule has 32 heavy (non-hydrogen) atoms. The van der Waals surface area contributed by atoms with Gasteiger partial charge in [-0.3, -0.25) is 5.43 Å². The summed E-state index contributed by atoms with van der Waals surface area (Å²) in [6.45, 7) is 0. The number of halogens is 1. The summed E-state index contributed by atoms with van der Waals surface area (Å²) in [5.74, 6) is 0.743. The van der Waals surface area contributed by atoms with Gasteiger partial charge in [0.1, 0.15) is 5.75 Å². The van der Waals surface area contributed by atoms with Gasteiger partial charge in [0.15, 0.2) is 16.6 Å². The normalized spacial score (nSPS) is 10.5. The van der Waals surface area contributed by atoms with Crippen molar-refractivity contribution < 1.29 is 19.0 Å². The van der Waals surface area contributed by atoms with Gasteiger partial charge in [-0.1, -0.05) is 34.1 Å². The Bertz CT molecular complexity index is 1140. The highest BCUT2D eigenvalue weighted by molar-refractivity contribution is 9.10. The number of nitrogens with one attached hydrogen (secondary N) is 2. The minimum Gasteiger partial charge on any atom is -0.493 e. The van der Waals surface area contributed by atoms with Gasteiger partial charge in [-0.15, -0.1) is 0 Å². The summed E-state index contributed by atoms with van der Waals surface area (Å²) in [6.07, 6.45) is 1.51. The Labute approximate surface area is 199 Å². The summed E-state index contributed by atoms with van der Waals surface area (Å²) >= 11 is 8.65. The number of benzene rings is 3. The van der Waals surface area contributed by atoms with Gasteiger partial charge in [0.05, 0.1) is 26.0 Å². The number of ether oxygens (including phenoxy) is 3. The number of hydrazone groups is 1. The van der Waals surface area contributed by atoms with Gasteiger partial charge in [-0.25, -0.2) is 4.79 Å². The highest BCUT2D eigenvalue weighted by atomic mass is 79.9. The second kappa shape index (κ2) is 11.3. The highest BCUT2D eigenvalue weighted by Crippen LogP contribution is 2.29. The van der Waals surface area contributed by atoms with Gasteiger partial charge in [-0.05, 0) is 60.7 Å². The second-order valence-corrected chi connectivity index (χ2v) is 7.66. The summed E-state index contributed by atoms with van der Waals surface area (Å²) in [4.78, 5) is 12.7. The zero-order valence-electron chi connectivity index (χ0n) is 17.3. The van der Waals surface area contributed by atoms with Crippen LogP contribution in [0.25, 0.3) is 0 Å². The van der Waals surface area contributed by atoms with E-state index in [1.165, 1.54) is 20.4 Å². The molecular weight excluding hydrogens is 494 g/mol. The Balaban J connectivity index is 1.71. The van der Waals surface area contributed by atoms with Crippen LogP contribution in [0.4, 0.5) is 5.69 Å². The van der Waals surface area contributed by atoms with Gasteiger partial charge >= 0.3 is 5.97 Å². The molecule has 0 aliphatic heterocycles. The number of hydrogen-bond acceptors (Lipinski definition) is 6. The third-order valence-corrected chi connectivity index (χ3v) is 4.88. The van der Waals surface area contributed by atoms with Gasteiger partial charge in [0.25, 0.3) is 0 Å². The summed E-state index contributed by atoms with van der Waals surface area (Å²) in [7, 11) is 3.03. The van der Waals surface area contributed by atoms with E-state index >= 15 is 0 Å². The van der Waals surface area contributed by atoms with E-state index in [4.69, 9.17) is 26.4 Å². The van der Waals surface area contributed by atoms with Crippen LogP contribution < -0.4 is 25.0 Å². The number of anilines is 1. The molecule has 0 atom stereocenters. The van der Waals surface area contributed by atoms with Crippen molar-refractivity contribution in [3.63, 3.8) is 0 Å². The number of esters is 1. The number of hydrogen-bond donors (Lipinski definition) is 2. The Morgan fingerprint density at radius 2 is 1.69 bits per heavy atom. The molecule has 0 aliphatic rings. The van der Waals surface area contributed by atoms with Crippen molar-refractivity contribution in [2.75, 3.05) is 19.5 Å². The first-order chi connectivity index (χ1) is 15.5. The average molecular weight is 514 g/mol. The molecule has 0 spiro atoms. The summed E-state index contributed by atoms with van der Waals surface area (Å²) in [6, 6.07) is 19.5. The van der Waals surface area contributed by atoms with Crippen molar-refractivity contribution in [2.24, 2.45) is 5.10 Å². The van der Waals surface area contributed by atoms with Crippen molar-refractivity contribution in [3.8, 4) is 17.2 Å². The molecule has 7 nitrogen and oxygen atoms in total. The molecule has 0 aliphatic carbocycles. The quantitative estimate of drug-likeness (QED) is 0.151. The van der Waals surface area contributed by atoms with Gasteiger partial charge < -0.3 is 19.5 Å². The van der Waals surface area contributed by atoms with Crippen LogP contribution in [0.15, 0.2) is 76.3 Å². The smallest absolute Gasteiger partial charge is 0.343 e. The lowest BCUT2D eigenvalue weighted by Crippen LogP contribution is -2.23. The van der Waals surface area contributed by atoms with E-state index in [2.05, 4.69) is 31.8 Å². The van der Waals surface area contributed by atoms with Crippen LogP contribution in [-0.2, 0) is 0 Å². The molecule has 0 radical (unpaired) electrons. The predicted octanol–water partition coefficient (Wildman–Crippen LogP) is 5.01. The maximum absolute atomic E-state index is 12.7. The number of carbonyl (C=O) groups is 1. The molecule has 0 unspecified atom stereocenters. The fraction of sp³-hybridized carbons (Fsp3) is 0.0870. The van der Waals surface area contributed by atoms with Crippen molar-refractivity contribution in [3.05, 3.63) is 82.3 Å². The number of methoxy groups -OCH3 is 2. The Morgan fingerprint density at radius 3 is 2.41 bits per heavy atom. The Hall–Kier alpha value is -3.43. The van der Waals surface area contributed by atoms with Crippen LogP contribution in [0.5, 0.6) is 17.2 Å². The molecule has 0 saturated carbocycles. The average Bonchev–Trinajstić information content (AvgIpc) is 2.80. The van der Waals surface area contributed by atoms with E-state index in [-0.39, 0.29) is 0 Å². The van der Waals surface area contributed by atoms with Crippen LogP contribution in [0.1, 0.15) is 15.9 Å². The van der Waals surface area contributed by atoms with Crippen LogP contribution >= 0.6 is 28.1 Å². The highest BCUT2D eigenvalue weighted by Gasteiger charge is 2.14. The number of thiocarbonyl (C=S) groups is 1. The van der Waals surface area contributed by atoms with Crippen LogP contribution in [0, 0.1) is 0 Å². The second-order valence-electron chi connectivity index (χ2n) is 6.33. The lowest BCUT2D eigenvalue weighted by molar-refractivity contribution is 0.0734. The number of para-hydroxylation sites is 1. The van der Waals surface area contributed by atoms with Crippen molar-refractivity contribution in [1.82, 2.24) is 5.43 Å². The number of rotatable bonds is 7. The minimum absolute atomic E-state index is 0.319. The maximum Gasteiger partial charge on any atom is 0.343 e. The molecule has 164 valence electrons. The molecular formula is C23H20BrN3O4S. The van der Waals surface area contributed by atoms with E-state index in [1.54, 1.807) is 36.4 Å². The van der Waals surface area contributed by atoms with Crippen LogP contribution in [-0.4, -0.2) is 31.5 Å². The fourth-order valence-electron chi connectivity index (χ4n) is 2.68. The number of nitrogens with zero attached hydrogens (tertiary/aromatic N) is 1. The number of carbonyl (C=O) groups excluding carboxylic acids is 1. The Morgan fingerprint density at radius 1 is 0.969 bits per heavy atom. The van der Waals surface area contributed by atoms with E-state index in [0.29, 0.717) is 33.5 Å². The van der Waals surface area contributed by atoms with Gasteiger partial charge in [-0.2, -0.15) is 5.10 Å². The molecule has 0 saturated heterocycles. The van der Waals surface area contributed by atoms with E-state index in [1.807, 2.05) is 30.3 Å². The zero-order chi connectivity index (χ0) is 22.9. The third kappa shape index (κ3) is 6.29. The van der Waals surface area contributed by atoms with E-state index < -0.39 is 5.97 Å². The summed E-state index contributed by atoms with van der Waals surface area (Å²) in [5, 5.41) is 7.49. The molecule has 0 amide bonds. The monoisotopic (exact) mass is 513 g/mol. The predicted molar refractivity (Wildman–Crippen MR) is 132 cm³/mol. The van der Waals surface area contributed by atoms with Crippen molar-refractivity contribution in [1.29, 1.82) is 0 Å². The molecule has 2 N–H and O–H groups in total. The first-order valence-corrected chi connectivity index (χ1v) is 10.6. The third-order valence-electron chi connectivity index (χ3n) is 4.20. The molecule has 3 aromatic carbocycles. The van der Waals surface area contributed by atoms with Crippen LogP contribution in [0.3, 0.4) is 0 Å². The largest absolute Gasteiger partial charge is 0.493 e. The molecule has 0 bridgehead atoms. The first kappa shape index (κ1) is 23.2.